The SMILES string of the molecule is CC1CC(CN)CN1C(=O)c1cc(F)c(F)cc1[N+](=O)[O-]. The Morgan fingerprint density at radius 3 is 2.62 bits per heavy atom. The molecular weight excluding hydrogens is 284 g/mol. The lowest BCUT2D eigenvalue weighted by molar-refractivity contribution is -0.385. The molecule has 1 amide bonds. The first-order chi connectivity index (χ1) is 9.85. The lowest BCUT2D eigenvalue weighted by Gasteiger charge is -2.21. The molecule has 21 heavy (non-hydrogen) atoms. The third-order valence-corrected chi connectivity index (χ3v) is 3.72. The summed E-state index contributed by atoms with van der Waals surface area (Å²) in [5.74, 6) is -3.21. The zero-order valence-corrected chi connectivity index (χ0v) is 11.4. The first kappa shape index (κ1) is 15.3. The first-order valence-electron chi connectivity index (χ1n) is 6.49. The standard InChI is InChI=1S/C13H15F2N3O3/c1-7-2-8(5-16)6-17(7)13(19)9-3-10(14)11(15)4-12(9)18(20)21/h3-4,7-8H,2,5-6,16H2,1H3. The van der Waals surface area contributed by atoms with Crippen LogP contribution in [-0.4, -0.2) is 34.9 Å². The Morgan fingerprint density at radius 1 is 1.48 bits per heavy atom. The number of nitro benzene ring substituents is 1. The van der Waals surface area contributed by atoms with Gasteiger partial charge in [0.1, 0.15) is 5.56 Å². The molecule has 114 valence electrons. The van der Waals surface area contributed by atoms with Gasteiger partial charge in [-0.15, -0.1) is 0 Å². The summed E-state index contributed by atoms with van der Waals surface area (Å²) in [7, 11) is 0. The monoisotopic (exact) mass is 299 g/mol. The molecule has 2 N–H and O–H groups in total. The minimum Gasteiger partial charge on any atom is -0.335 e. The van der Waals surface area contributed by atoms with Crippen LogP contribution in [0.25, 0.3) is 0 Å². The summed E-state index contributed by atoms with van der Waals surface area (Å²) in [6, 6.07) is 0.862. The molecule has 2 atom stereocenters. The van der Waals surface area contributed by atoms with Crippen LogP contribution in [0.1, 0.15) is 23.7 Å². The number of benzene rings is 1. The maximum Gasteiger partial charge on any atom is 0.285 e. The Balaban J connectivity index is 2.39. The molecule has 1 heterocycles. The molecule has 0 bridgehead atoms. The van der Waals surface area contributed by atoms with E-state index in [0.717, 1.165) is 0 Å². The van der Waals surface area contributed by atoms with Gasteiger partial charge in [-0.25, -0.2) is 8.78 Å². The van der Waals surface area contributed by atoms with Gasteiger partial charge in [-0.2, -0.15) is 0 Å². The van der Waals surface area contributed by atoms with Crippen LogP contribution in [0.2, 0.25) is 0 Å². The van der Waals surface area contributed by atoms with Gasteiger partial charge in [0.25, 0.3) is 11.6 Å². The highest BCUT2D eigenvalue weighted by molar-refractivity contribution is 5.98. The highest BCUT2D eigenvalue weighted by atomic mass is 19.2. The van der Waals surface area contributed by atoms with Crippen LogP contribution in [0.4, 0.5) is 14.5 Å². The average molecular weight is 299 g/mol. The van der Waals surface area contributed by atoms with Crippen LogP contribution in [-0.2, 0) is 0 Å². The fourth-order valence-corrected chi connectivity index (χ4v) is 2.61. The van der Waals surface area contributed by atoms with Crippen molar-refractivity contribution in [3.8, 4) is 0 Å². The van der Waals surface area contributed by atoms with E-state index in [9.17, 15) is 23.7 Å². The first-order valence-corrected chi connectivity index (χ1v) is 6.49. The minimum atomic E-state index is -1.35. The Kier molecular flexibility index (Phi) is 4.17. The fourth-order valence-electron chi connectivity index (χ4n) is 2.61. The van der Waals surface area contributed by atoms with Crippen molar-refractivity contribution in [2.24, 2.45) is 11.7 Å². The van der Waals surface area contributed by atoms with Gasteiger partial charge >= 0.3 is 0 Å². The number of nitrogens with zero attached hydrogens (tertiary/aromatic N) is 2. The summed E-state index contributed by atoms with van der Waals surface area (Å²) in [6.45, 7) is 2.54. The summed E-state index contributed by atoms with van der Waals surface area (Å²) in [6.07, 6.45) is 0.680. The topological polar surface area (TPSA) is 89.5 Å². The predicted octanol–water partition coefficient (Wildman–Crippen LogP) is 1.68. The molecule has 1 aliphatic rings. The van der Waals surface area contributed by atoms with Gasteiger partial charge in [-0.1, -0.05) is 0 Å². The second kappa shape index (κ2) is 5.72. The van der Waals surface area contributed by atoms with Crippen molar-refractivity contribution in [1.82, 2.24) is 4.90 Å². The van der Waals surface area contributed by atoms with E-state index in [4.69, 9.17) is 5.73 Å². The molecule has 1 fully saturated rings. The summed E-state index contributed by atoms with van der Waals surface area (Å²) in [5, 5.41) is 10.9. The number of rotatable bonds is 3. The third kappa shape index (κ3) is 2.85. The van der Waals surface area contributed by atoms with E-state index in [1.54, 1.807) is 6.92 Å². The summed E-state index contributed by atoms with van der Waals surface area (Å²) >= 11 is 0. The molecule has 2 rings (SSSR count). The minimum absolute atomic E-state index is 0.105. The number of amides is 1. The van der Waals surface area contributed by atoms with Crippen LogP contribution < -0.4 is 5.73 Å². The van der Waals surface area contributed by atoms with Crippen molar-refractivity contribution in [3.05, 3.63) is 39.4 Å². The second-order valence-corrected chi connectivity index (χ2v) is 5.18. The quantitative estimate of drug-likeness (QED) is 0.679. The van der Waals surface area contributed by atoms with E-state index in [1.165, 1.54) is 4.90 Å². The van der Waals surface area contributed by atoms with Crippen LogP contribution >= 0.6 is 0 Å². The van der Waals surface area contributed by atoms with E-state index in [2.05, 4.69) is 0 Å². The molecule has 0 aromatic heterocycles. The van der Waals surface area contributed by atoms with Gasteiger partial charge in [0.05, 0.1) is 11.0 Å². The van der Waals surface area contributed by atoms with Crippen molar-refractivity contribution in [2.75, 3.05) is 13.1 Å². The van der Waals surface area contributed by atoms with Gasteiger partial charge in [0.2, 0.25) is 0 Å². The smallest absolute Gasteiger partial charge is 0.285 e. The van der Waals surface area contributed by atoms with Gasteiger partial charge < -0.3 is 10.6 Å². The zero-order valence-electron chi connectivity index (χ0n) is 11.4. The van der Waals surface area contributed by atoms with Crippen LogP contribution in [0, 0.1) is 27.7 Å². The molecule has 0 spiro atoms. The predicted molar refractivity (Wildman–Crippen MR) is 70.7 cm³/mol. The molecular formula is C13H15F2N3O3. The molecule has 8 heteroatoms. The molecule has 0 aliphatic carbocycles. The lowest BCUT2D eigenvalue weighted by Crippen LogP contribution is -2.35. The molecule has 2 unspecified atom stereocenters. The number of hydrogen-bond acceptors (Lipinski definition) is 4. The van der Waals surface area contributed by atoms with Gasteiger partial charge in [-0.3, -0.25) is 14.9 Å². The Bertz CT molecular complexity index is 594. The molecule has 0 radical (unpaired) electrons. The highest BCUT2D eigenvalue weighted by Gasteiger charge is 2.35. The van der Waals surface area contributed by atoms with Crippen LogP contribution in [0.3, 0.4) is 0 Å². The van der Waals surface area contributed by atoms with Crippen molar-refractivity contribution >= 4 is 11.6 Å². The maximum atomic E-state index is 13.3. The average Bonchev–Trinajstić information content (AvgIpc) is 2.81. The zero-order chi connectivity index (χ0) is 15.7. The summed E-state index contributed by atoms with van der Waals surface area (Å²) in [4.78, 5) is 23.9. The van der Waals surface area contributed by atoms with Gasteiger partial charge in [-0.05, 0) is 31.9 Å². The normalized spacial score (nSPS) is 21.6. The van der Waals surface area contributed by atoms with E-state index >= 15 is 0 Å². The van der Waals surface area contributed by atoms with E-state index in [-0.39, 0.29) is 12.0 Å². The Labute approximate surface area is 119 Å². The Morgan fingerprint density at radius 2 is 2.10 bits per heavy atom. The summed E-state index contributed by atoms with van der Waals surface area (Å²) in [5.41, 5.74) is 4.39. The van der Waals surface area contributed by atoms with Crippen molar-refractivity contribution in [1.29, 1.82) is 0 Å². The number of nitro groups is 1. The van der Waals surface area contributed by atoms with Crippen molar-refractivity contribution < 1.29 is 18.5 Å². The molecule has 0 saturated carbocycles. The lowest BCUT2D eigenvalue weighted by atomic mass is 10.1. The number of likely N-dealkylation sites (tertiary alicyclic amines) is 1. The van der Waals surface area contributed by atoms with Crippen molar-refractivity contribution in [2.45, 2.75) is 19.4 Å². The number of nitrogens with two attached hydrogens (primary N) is 1. The van der Waals surface area contributed by atoms with Crippen LogP contribution in [0.15, 0.2) is 12.1 Å². The van der Waals surface area contributed by atoms with E-state index in [1.807, 2.05) is 0 Å². The fraction of sp³-hybridized carbons (Fsp3) is 0.462. The number of hydrogen-bond donors (Lipinski definition) is 1. The second-order valence-electron chi connectivity index (χ2n) is 5.18. The largest absolute Gasteiger partial charge is 0.335 e. The number of carbonyl (C=O) groups is 1. The molecule has 6 nitrogen and oxygen atoms in total. The van der Waals surface area contributed by atoms with E-state index < -0.39 is 33.7 Å². The molecule has 1 aromatic carbocycles. The van der Waals surface area contributed by atoms with Gasteiger partial charge in [0.15, 0.2) is 11.6 Å². The molecule has 1 aromatic rings. The van der Waals surface area contributed by atoms with Crippen LogP contribution in [0.5, 0.6) is 0 Å². The van der Waals surface area contributed by atoms with Crippen molar-refractivity contribution in [3.63, 3.8) is 0 Å². The Hall–Kier alpha value is -2.09. The highest BCUT2D eigenvalue weighted by Crippen LogP contribution is 2.28. The number of halogens is 2. The van der Waals surface area contributed by atoms with E-state index in [0.29, 0.717) is 31.6 Å². The van der Waals surface area contributed by atoms with Gasteiger partial charge in [0, 0.05) is 12.6 Å². The number of carbonyl (C=O) groups excluding carboxylic acids is 1. The molecule has 1 saturated heterocycles. The third-order valence-electron chi connectivity index (χ3n) is 3.72. The summed E-state index contributed by atoms with van der Waals surface area (Å²) < 4.78 is 26.5. The maximum absolute atomic E-state index is 13.3. The molecule has 1 aliphatic heterocycles.